The molecule has 1 N–H and O–H groups in total. The third kappa shape index (κ3) is 4.26. The Morgan fingerprint density at radius 3 is 2.40 bits per heavy atom. The van der Waals surface area contributed by atoms with Gasteiger partial charge in [0.1, 0.15) is 0 Å². The number of hydrogen-bond donors (Lipinski definition) is 1. The second-order valence-electron chi connectivity index (χ2n) is 5.53. The van der Waals surface area contributed by atoms with Crippen LogP contribution in [0.1, 0.15) is 32.8 Å². The zero-order chi connectivity index (χ0) is 15.3. The molecule has 6 heteroatoms. The van der Waals surface area contributed by atoms with Gasteiger partial charge in [-0.15, -0.1) is 0 Å². The minimum Gasteiger partial charge on any atom is -0.316 e. The Morgan fingerprint density at radius 1 is 1.30 bits per heavy atom. The van der Waals surface area contributed by atoms with E-state index in [4.69, 9.17) is 0 Å². The van der Waals surface area contributed by atoms with Gasteiger partial charge >= 0.3 is 0 Å². The number of sulfonamides is 1. The molecule has 5 nitrogen and oxygen atoms in total. The van der Waals surface area contributed by atoms with Crippen molar-refractivity contribution in [3.05, 3.63) is 23.9 Å². The first-order valence-corrected chi connectivity index (χ1v) is 8.30. The van der Waals surface area contributed by atoms with Gasteiger partial charge in [-0.2, -0.15) is 4.31 Å². The highest BCUT2D eigenvalue weighted by atomic mass is 32.2. The lowest BCUT2D eigenvalue weighted by atomic mass is 10.1. The van der Waals surface area contributed by atoms with Crippen molar-refractivity contribution in [3.8, 4) is 0 Å². The van der Waals surface area contributed by atoms with E-state index in [-0.39, 0.29) is 11.1 Å². The maximum absolute atomic E-state index is 12.5. The number of nitrogens with zero attached hydrogens (tertiary/aromatic N) is 2. The second kappa shape index (κ2) is 7.15. The van der Waals surface area contributed by atoms with Crippen molar-refractivity contribution in [3.63, 3.8) is 0 Å². The zero-order valence-corrected chi connectivity index (χ0v) is 13.7. The molecule has 0 saturated carbocycles. The zero-order valence-electron chi connectivity index (χ0n) is 12.9. The maximum Gasteiger partial charge on any atom is 0.260 e. The summed E-state index contributed by atoms with van der Waals surface area (Å²) in [7, 11) is -0.0578. The van der Waals surface area contributed by atoms with Crippen LogP contribution < -0.4 is 5.32 Å². The van der Waals surface area contributed by atoms with Gasteiger partial charge in [0.2, 0.25) is 0 Å². The second-order valence-corrected chi connectivity index (χ2v) is 7.48. The van der Waals surface area contributed by atoms with Crippen LogP contribution in [0.2, 0.25) is 0 Å². The van der Waals surface area contributed by atoms with Gasteiger partial charge < -0.3 is 5.32 Å². The van der Waals surface area contributed by atoms with E-state index < -0.39 is 10.0 Å². The molecule has 1 aromatic heterocycles. The first-order chi connectivity index (χ1) is 9.28. The van der Waals surface area contributed by atoms with E-state index >= 15 is 0 Å². The Bertz CT molecular complexity index is 512. The molecule has 1 unspecified atom stereocenters. The van der Waals surface area contributed by atoms with Crippen LogP contribution in [-0.2, 0) is 16.6 Å². The van der Waals surface area contributed by atoms with Crippen LogP contribution in [-0.4, -0.2) is 37.8 Å². The van der Waals surface area contributed by atoms with Crippen LogP contribution in [0.4, 0.5) is 0 Å². The Morgan fingerprint density at radius 2 is 1.95 bits per heavy atom. The lowest BCUT2D eigenvalue weighted by Gasteiger charge is -2.25. The van der Waals surface area contributed by atoms with E-state index in [9.17, 15) is 8.42 Å². The van der Waals surface area contributed by atoms with E-state index in [1.165, 1.54) is 4.31 Å². The summed E-state index contributed by atoms with van der Waals surface area (Å²) in [4.78, 5) is 4.08. The Balaban J connectivity index is 2.92. The highest BCUT2D eigenvalue weighted by molar-refractivity contribution is 7.89. The van der Waals surface area contributed by atoms with Crippen molar-refractivity contribution >= 4 is 10.0 Å². The smallest absolute Gasteiger partial charge is 0.260 e. The molecule has 0 bridgehead atoms. The Hall–Kier alpha value is -0.980. The number of aromatic nitrogens is 1. The predicted octanol–water partition coefficient (Wildman–Crippen LogP) is 1.86. The molecular weight excluding hydrogens is 274 g/mol. The largest absolute Gasteiger partial charge is 0.316 e. The fourth-order valence-corrected chi connectivity index (χ4v) is 3.37. The van der Waals surface area contributed by atoms with Gasteiger partial charge in [-0.25, -0.2) is 13.4 Å². The number of rotatable bonds is 7. The molecule has 0 fully saturated rings. The van der Waals surface area contributed by atoms with Crippen molar-refractivity contribution in [2.45, 2.75) is 44.8 Å². The molecular formula is C14H25N3O2S. The topological polar surface area (TPSA) is 62.3 Å². The standard InChI is InChI=1S/C14H25N3O2S/c1-11(2)8-12(3)17(5)20(18,19)14-7-6-13(9-15-4)10-16-14/h6-7,10-12,15H,8-9H2,1-5H3. The molecule has 1 rings (SSSR count). The summed E-state index contributed by atoms with van der Waals surface area (Å²) in [6, 6.07) is 3.32. The van der Waals surface area contributed by atoms with Gasteiger partial charge in [0.05, 0.1) is 0 Å². The van der Waals surface area contributed by atoms with Crippen molar-refractivity contribution in [2.75, 3.05) is 14.1 Å². The SMILES string of the molecule is CNCc1ccc(S(=O)(=O)N(C)C(C)CC(C)C)nc1. The van der Waals surface area contributed by atoms with Crippen LogP contribution in [0.15, 0.2) is 23.4 Å². The normalized spacial score (nSPS) is 13.9. The summed E-state index contributed by atoms with van der Waals surface area (Å²) in [6.45, 7) is 6.77. The summed E-state index contributed by atoms with van der Waals surface area (Å²) in [6.07, 6.45) is 2.43. The van der Waals surface area contributed by atoms with E-state index in [0.29, 0.717) is 12.5 Å². The molecule has 0 aromatic carbocycles. The van der Waals surface area contributed by atoms with Crippen LogP contribution >= 0.6 is 0 Å². The van der Waals surface area contributed by atoms with Gasteiger partial charge in [0, 0.05) is 25.8 Å². The van der Waals surface area contributed by atoms with Crippen molar-refractivity contribution in [1.82, 2.24) is 14.6 Å². The van der Waals surface area contributed by atoms with Gasteiger partial charge in [-0.1, -0.05) is 19.9 Å². The molecule has 0 aliphatic carbocycles. The fourth-order valence-electron chi connectivity index (χ4n) is 2.09. The molecule has 0 amide bonds. The molecule has 114 valence electrons. The van der Waals surface area contributed by atoms with E-state index in [1.54, 1.807) is 25.4 Å². The van der Waals surface area contributed by atoms with Gasteiger partial charge in [-0.3, -0.25) is 0 Å². The maximum atomic E-state index is 12.5. The van der Waals surface area contributed by atoms with Gasteiger partial charge in [0.15, 0.2) is 5.03 Å². The molecule has 1 aromatic rings. The van der Waals surface area contributed by atoms with Gasteiger partial charge in [-0.05, 0) is 37.9 Å². The molecule has 1 atom stereocenters. The van der Waals surface area contributed by atoms with Crippen LogP contribution in [0.3, 0.4) is 0 Å². The summed E-state index contributed by atoms with van der Waals surface area (Å²) >= 11 is 0. The van der Waals surface area contributed by atoms with Crippen LogP contribution in [0.25, 0.3) is 0 Å². The summed E-state index contributed by atoms with van der Waals surface area (Å²) in [5, 5.41) is 3.11. The quantitative estimate of drug-likeness (QED) is 0.835. The van der Waals surface area contributed by atoms with E-state index in [1.807, 2.05) is 14.0 Å². The molecule has 0 spiro atoms. The molecule has 0 radical (unpaired) electrons. The Labute approximate surface area is 122 Å². The first kappa shape index (κ1) is 17.1. The minimum absolute atomic E-state index is 0.0428. The molecule has 0 saturated heterocycles. The van der Waals surface area contributed by atoms with Crippen molar-refractivity contribution in [2.24, 2.45) is 5.92 Å². The van der Waals surface area contributed by atoms with E-state index in [2.05, 4.69) is 24.1 Å². The van der Waals surface area contributed by atoms with E-state index in [0.717, 1.165) is 12.0 Å². The lowest BCUT2D eigenvalue weighted by Crippen LogP contribution is -2.36. The van der Waals surface area contributed by atoms with Crippen LogP contribution in [0, 0.1) is 5.92 Å². The average molecular weight is 299 g/mol. The van der Waals surface area contributed by atoms with Crippen LogP contribution in [0.5, 0.6) is 0 Å². The van der Waals surface area contributed by atoms with Crippen molar-refractivity contribution < 1.29 is 8.42 Å². The summed E-state index contributed by atoms with van der Waals surface area (Å²) < 4.78 is 26.4. The third-order valence-electron chi connectivity index (χ3n) is 3.26. The molecule has 1 heterocycles. The number of pyridine rings is 1. The highest BCUT2D eigenvalue weighted by Gasteiger charge is 2.26. The third-order valence-corrected chi connectivity index (χ3v) is 5.14. The predicted molar refractivity (Wildman–Crippen MR) is 80.9 cm³/mol. The fraction of sp³-hybridized carbons (Fsp3) is 0.643. The lowest BCUT2D eigenvalue weighted by molar-refractivity contribution is 0.337. The minimum atomic E-state index is -3.51. The highest BCUT2D eigenvalue weighted by Crippen LogP contribution is 2.18. The Kier molecular flexibility index (Phi) is 6.10. The monoisotopic (exact) mass is 299 g/mol. The number of nitrogens with one attached hydrogen (secondary N) is 1. The summed E-state index contributed by atoms with van der Waals surface area (Å²) in [5.41, 5.74) is 0.962. The van der Waals surface area contributed by atoms with Crippen molar-refractivity contribution in [1.29, 1.82) is 0 Å². The molecule has 20 heavy (non-hydrogen) atoms. The number of hydrogen-bond acceptors (Lipinski definition) is 4. The molecule has 0 aliphatic rings. The molecule has 0 aliphatic heterocycles. The first-order valence-electron chi connectivity index (χ1n) is 6.86. The van der Waals surface area contributed by atoms with Gasteiger partial charge in [0.25, 0.3) is 10.0 Å². The summed E-state index contributed by atoms with van der Waals surface area (Å²) in [5.74, 6) is 0.452. The average Bonchev–Trinajstić information content (AvgIpc) is 2.38.